The van der Waals surface area contributed by atoms with E-state index in [9.17, 15) is 15.0 Å². The highest BCUT2D eigenvalue weighted by Gasteiger charge is 2.31. The Balaban J connectivity index is 1.50. The summed E-state index contributed by atoms with van der Waals surface area (Å²) < 4.78 is 11.7. The van der Waals surface area contributed by atoms with Gasteiger partial charge in [0.15, 0.2) is 0 Å². The Bertz CT molecular complexity index is 1290. The maximum Gasteiger partial charge on any atom is 0.320 e. The van der Waals surface area contributed by atoms with E-state index in [0.717, 1.165) is 59.7 Å². The van der Waals surface area contributed by atoms with E-state index in [1.165, 1.54) is 0 Å². The van der Waals surface area contributed by atoms with Gasteiger partial charge in [0.2, 0.25) is 5.82 Å². The fourth-order valence-corrected chi connectivity index (χ4v) is 5.21. The predicted molar refractivity (Wildman–Crippen MR) is 149 cm³/mol. The number of benzene rings is 1. The molecule has 2 atom stereocenters. The summed E-state index contributed by atoms with van der Waals surface area (Å²) in [4.78, 5) is 24.8. The predicted octanol–water partition coefficient (Wildman–Crippen LogP) is 4.11. The molecule has 1 aliphatic heterocycles. The lowest BCUT2D eigenvalue weighted by Gasteiger charge is -2.24. The number of aryl methyl sites for hydroxylation is 3. The zero-order valence-corrected chi connectivity index (χ0v) is 23.5. The molecule has 1 aliphatic rings. The number of β-amino-alcohol motifs (C(OH)–C–C–N with tert-alkyl or cyclic N) is 1. The molecule has 2 aromatic heterocycles. The lowest BCUT2D eigenvalue weighted by atomic mass is 10.0. The highest BCUT2D eigenvalue weighted by atomic mass is 16.5. The average molecular weight is 538 g/mol. The third-order valence-electron chi connectivity index (χ3n) is 7.20. The Hall–Kier alpha value is -3.50. The summed E-state index contributed by atoms with van der Waals surface area (Å²) in [6, 6.07) is 7.32. The van der Waals surface area contributed by atoms with Crippen LogP contribution in [0.5, 0.6) is 5.75 Å². The van der Waals surface area contributed by atoms with Crippen molar-refractivity contribution in [1.29, 1.82) is 0 Å². The Labute approximate surface area is 229 Å². The molecule has 4 rings (SSSR count). The van der Waals surface area contributed by atoms with Crippen LogP contribution in [0.15, 0.2) is 28.8 Å². The van der Waals surface area contributed by atoms with Crippen LogP contribution in [0.2, 0.25) is 0 Å². The van der Waals surface area contributed by atoms with Gasteiger partial charge >= 0.3 is 5.97 Å². The molecule has 0 unspecified atom stereocenters. The van der Waals surface area contributed by atoms with E-state index in [1.807, 2.05) is 49.9 Å². The summed E-state index contributed by atoms with van der Waals surface area (Å²) in [5, 5.41) is 24.2. The molecule has 3 heterocycles. The molecule has 1 aromatic carbocycles. The van der Waals surface area contributed by atoms with Crippen molar-refractivity contribution in [3.63, 3.8) is 0 Å². The van der Waals surface area contributed by atoms with E-state index in [1.54, 1.807) is 0 Å². The van der Waals surface area contributed by atoms with Crippen molar-refractivity contribution in [3.05, 3.63) is 41.1 Å². The first-order chi connectivity index (χ1) is 18.7. The fourth-order valence-electron chi connectivity index (χ4n) is 5.21. The normalized spacial score (nSPS) is 16.4. The van der Waals surface area contributed by atoms with Gasteiger partial charge in [-0.2, -0.15) is 4.98 Å². The molecule has 0 amide bonds. The van der Waals surface area contributed by atoms with Crippen LogP contribution in [0.4, 0.5) is 5.82 Å². The number of carboxylic acid groups (broad SMARTS) is 1. The van der Waals surface area contributed by atoms with Crippen LogP contribution in [-0.2, 0) is 11.2 Å². The van der Waals surface area contributed by atoms with E-state index >= 15 is 0 Å². The first-order valence-electron chi connectivity index (χ1n) is 13.7. The summed E-state index contributed by atoms with van der Waals surface area (Å²) in [5.74, 6) is 1.68. The number of carboxylic acids is 1. The van der Waals surface area contributed by atoms with E-state index in [-0.39, 0.29) is 13.2 Å². The number of hydrogen-bond acceptors (Lipinski definition) is 9. The second kappa shape index (κ2) is 12.6. The van der Waals surface area contributed by atoms with E-state index in [0.29, 0.717) is 30.4 Å². The lowest BCUT2D eigenvalue weighted by Crippen LogP contribution is -2.42. The maximum atomic E-state index is 11.4. The minimum absolute atomic E-state index is 0.0820. The summed E-state index contributed by atoms with van der Waals surface area (Å²) in [6.07, 6.45) is 1.35. The molecule has 3 aromatic rings. The molecule has 0 spiro atoms. The van der Waals surface area contributed by atoms with Crippen LogP contribution in [0.25, 0.3) is 22.8 Å². The molecular weight excluding hydrogens is 498 g/mol. The van der Waals surface area contributed by atoms with E-state index < -0.39 is 18.1 Å². The quantitative estimate of drug-likeness (QED) is 0.349. The van der Waals surface area contributed by atoms with Gasteiger partial charge in [0, 0.05) is 36.5 Å². The van der Waals surface area contributed by atoms with Crippen LogP contribution in [0.1, 0.15) is 50.4 Å². The average Bonchev–Trinajstić information content (AvgIpc) is 3.58. The molecule has 0 aliphatic carbocycles. The third-order valence-corrected chi connectivity index (χ3v) is 7.20. The first kappa shape index (κ1) is 28.5. The van der Waals surface area contributed by atoms with Crippen molar-refractivity contribution in [2.24, 2.45) is 0 Å². The van der Waals surface area contributed by atoms with E-state index in [4.69, 9.17) is 9.26 Å². The Morgan fingerprint density at radius 2 is 1.92 bits per heavy atom. The minimum Gasteiger partial charge on any atom is -0.490 e. The van der Waals surface area contributed by atoms with Crippen LogP contribution in [0, 0.1) is 13.8 Å². The van der Waals surface area contributed by atoms with Crippen LogP contribution < -0.4 is 9.64 Å². The molecule has 1 saturated heterocycles. The second-order valence-corrected chi connectivity index (χ2v) is 10.0. The zero-order valence-electron chi connectivity index (χ0n) is 23.5. The smallest absolute Gasteiger partial charge is 0.320 e. The fraction of sp³-hybridized carbons (Fsp3) is 0.517. The number of rotatable bonds is 12. The third kappa shape index (κ3) is 6.57. The molecule has 10 nitrogen and oxygen atoms in total. The standard InChI is InChI=1S/C29H39N5O5/c1-6-20-14-21(12-18(4)26(20)38-17-23(35)16-34-11-9-10-24(34)29(36)37)27-31-28(39-32-27)22-13-19(5)30-25(15-22)33(7-2)8-3/h12-15,23-24,35H,6-11,16-17H2,1-5H3,(H,36,37)/t23-,24-/m0/s1. The number of aromatic nitrogens is 3. The monoisotopic (exact) mass is 537 g/mol. The summed E-state index contributed by atoms with van der Waals surface area (Å²) >= 11 is 0. The molecule has 210 valence electrons. The van der Waals surface area contributed by atoms with Crippen LogP contribution >= 0.6 is 0 Å². The number of anilines is 1. The van der Waals surface area contributed by atoms with Gasteiger partial charge < -0.3 is 24.4 Å². The van der Waals surface area contributed by atoms with Gasteiger partial charge in [-0.3, -0.25) is 9.69 Å². The molecule has 2 N–H and O–H groups in total. The summed E-state index contributed by atoms with van der Waals surface area (Å²) in [5.41, 5.74) is 4.40. The van der Waals surface area contributed by atoms with Gasteiger partial charge in [-0.25, -0.2) is 4.98 Å². The molecule has 10 heteroatoms. The number of aliphatic hydroxyl groups is 1. The van der Waals surface area contributed by atoms with Gasteiger partial charge in [0.25, 0.3) is 5.89 Å². The number of ether oxygens (including phenoxy) is 1. The number of carbonyl (C=O) groups is 1. The summed E-state index contributed by atoms with van der Waals surface area (Å²) in [6.45, 7) is 12.9. The number of hydrogen-bond donors (Lipinski definition) is 2. The Morgan fingerprint density at radius 1 is 1.15 bits per heavy atom. The lowest BCUT2D eigenvalue weighted by molar-refractivity contribution is -0.142. The van der Waals surface area contributed by atoms with Crippen molar-refractivity contribution in [2.75, 3.05) is 37.7 Å². The number of likely N-dealkylation sites (tertiary alicyclic amines) is 1. The largest absolute Gasteiger partial charge is 0.490 e. The SMILES string of the molecule is CCc1cc(-c2noc(-c3cc(C)nc(N(CC)CC)c3)n2)cc(C)c1OC[C@@H](O)CN1CCC[C@H]1C(=O)O. The number of aliphatic hydroxyl groups excluding tert-OH is 1. The summed E-state index contributed by atoms with van der Waals surface area (Å²) in [7, 11) is 0. The maximum absolute atomic E-state index is 11.4. The topological polar surface area (TPSA) is 125 Å². The molecule has 39 heavy (non-hydrogen) atoms. The molecule has 0 radical (unpaired) electrons. The van der Waals surface area contributed by atoms with Crippen molar-refractivity contribution in [2.45, 2.75) is 66.0 Å². The van der Waals surface area contributed by atoms with Crippen molar-refractivity contribution >= 4 is 11.8 Å². The second-order valence-electron chi connectivity index (χ2n) is 10.0. The van der Waals surface area contributed by atoms with Crippen molar-refractivity contribution < 1.29 is 24.3 Å². The van der Waals surface area contributed by atoms with Gasteiger partial charge in [-0.05, 0) is 88.9 Å². The highest BCUT2D eigenvalue weighted by molar-refractivity contribution is 5.73. The highest BCUT2D eigenvalue weighted by Crippen LogP contribution is 2.32. The Morgan fingerprint density at radius 3 is 2.62 bits per heavy atom. The minimum atomic E-state index is -0.839. The van der Waals surface area contributed by atoms with Gasteiger partial charge in [0.1, 0.15) is 30.3 Å². The van der Waals surface area contributed by atoms with Crippen LogP contribution in [-0.4, -0.2) is 81.1 Å². The van der Waals surface area contributed by atoms with Gasteiger partial charge in [-0.15, -0.1) is 0 Å². The van der Waals surface area contributed by atoms with Gasteiger partial charge in [0.05, 0.1) is 0 Å². The van der Waals surface area contributed by atoms with Gasteiger partial charge in [-0.1, -0.05) is 12.1 Å². The van der Waals surface area contributed by atoms with Crippen molar-refractivity contribution in [1.82, 2.24) is 20.0 Å². The van der Waals surface area contributed by atoms with Crippen molar-refractivity contribution in [3.8, 4) is 28.6 Å². The van der Waals surface area contributed by atoms with E-state index in [2.05, 4.69) is 33.9 Å². The Kier molecular flexibility index (Phi) is 9.19. The molecular formula is C29H39N5O5. The first-order valence-corrected chi connectivity index (χ1v) is 13.7. The number of aliphatic carboxylic acids is 1. The number of pyridine rings is 1. The zero-order chi connectivity index (χ0) is 28.1. The van der Waals surface area contributed by atoms with Crippen LogP contribution in [0.3, 0.4) is 0 Å². The molecule has 1 fully saturated rings. The number of nitrogens with zero attached hydrogens (tertiary/aromatic N) is 5. The molecule has 0 saturated carbocycles. The molecule has 0 bridgehead atoms.